The number of hydrogen-bond acceptors (Lipinski definition) is 4. The maximum absolute atomic E-state index is 12.4. The molecule has 0 radical (unpaired) electrons. The van der Waals surface area contributed by atoms with Gasteiger partial charge in [0.15, 0.2) is 0 Å². The maximum Gasteiger partial charge on any atom is 0.270 e. The molecule has 6 heteroatoms. The number of nitrogens with zero attached hydrogens (tertiary/aromatic N) is 2. The molecule has 0 saturated heterocycles. The Morgan fingerprint density at radius 1 is 1.21 bits per heavy atom. The van der Waals surface area contributed by atoms with Crippen LogP contribution in [-0.4, -0.2) is 27.1 Å². The third-order valence-corrected chi connectivity index (χ3v) is 4.60. The summed E-state index contributed by atoms with van der Waals surface area (Å²) in [6.45, 7) is 2.50. The zero-order chi connectivity index (χ0) is 16.9. The van der Waals surface area contributed by atoms with Crippen LogP contribution in [-0.2, 0) is 0 Å². The van der Waals surface area contributed by atoms with Crippen molar-refractivity contribution < 1.29 is 4.79 Å². The molecule has 122 valence electrons. The summed E-state index contributed by atoms with van der Waals surface area (Å²) in [7, 11) is 0. The van der Waals surface area contributed by atoms with Gasteiger partial charge >= 0.3 is 0 Å². The summed E-state index contributed by atoms with van der Waals surface area (Å²) in [5.74, 6) is -0.397. The highest BCUT2D eigenvalue weighted by Gasteiger charge is 2.14. The normalized spacial score (nSPS) is 12.0. The summed E-state index contributed by atoms with van der Waals surface area (Å²) < 4.78 is 1.37. The van der Waals surface area contributed by atoms with Gasteiger partial charge in [-0.25, -0.2) is 4.98 Å². The number of nitrogens with one attached hydrogen (secondary N) is 1. The fraction of sp³-hybridized carbons (Fsp3) is 0.167. The first-order chi connectivity index (χ1) is 11.6. The highest BCUT2D eigenvalue weighted by Crippen LogP contribution is 2.21. The van der Waals surface area contributed by atoms with Crippen molar-refractivity contribution in [2.24, 2.45) is 0 Å². The molecular formula is C18H17N3O2S. The van der Waals surface area contributed by atoms with Crippen molar-refractivity contribution in [2.45, 2.75) is 17.1 Å². The first kappa shape index (κ1) is 16.3. The van der Waals surface area contributed by atoms with Crippen LogP contribution in [0.1, 0.15) is 17.3 Å². The molecule has 1 atom stereocenters. The third-order valence-electron chi connectivity index (χ3n) is 3.49. The number of carbonyl (C=O) groups is 1. The Balaban J connectivity index is 1.67. The predicted molar refractivity (Wildman–Crippen MR) is 95.6 cm³/mol. The van der Waals surface area contributed by atoms with E-state index in [0.717, 1.165) is 4.90 Å². The maximum atomic E-state index is 12.4. The van der Waals surface area contributed by atoms with Gasteiger partial charge in [0.25, 0.3) is 11.5 Å². The number of benzene rings is 1. The van der Waals surface area contributed by atoms with Crippen LogP contribution in [0.2, 0.25) is 0 Å². The van der Waals surface area contributed by atoms with Crippen LogP contribution in [0.15, 0.2) is 70.6 Å². The number of fused-ring (bicyclic) bond motifs is 1. The van der Waals surface area contributed by atoms with E-state index in [2.05, 4.69) is 10.3 Å². The number of hydrogen-bond donors (Lipinski definition) is 1. The number of rotatable bonds is 5. The Morgan fingerprint density at radius 3 is 2.75 bits per heavy atom. The van der Waals surface area contributed by atoms with Crippen LogP contribution in [0, 0.1) is 0 Å². The molecule has 1 amide bonds. The van der Waals surface area contributed by atoms with Crippen LogP contribution < -0.4 is 10.9 Å². The molecule has 2 heterocycles. The van der Waals surface area contributed by atoms with Gasteiger partial charge in [0, 0.05) is 29.1 Å². The summed E-state index contributed by atoms with van der Waals surface area (Å²) >= 11 is 1.67. The van der Waals surface area contributed by atoms with E-state index in [1.807, 2.05) is 37.3 Å². The van der Waals surface area contributed by atoms with Gasteiger partial charge in [-0.05, 0) is 24.3 Å². The predicted octanol–water partition coefficient (Wildman–Crippen LogP) is 2.61. The molecule has 3 rings (SSSR count). The molecule has 0 bridgehead atoms. The minimum atomic E-state index is -0.397. The van der Waals surface area contributed by atoms with Crippen molar-refractivity contribution in [3.8, 4) is 0 Å². The molecule has 0 aliphatic rings. The van der Waals surface area contributed by atoms with Gasteiger partial charge < -0.3 is 5.32 Å². The average molecular weight is 339 g/mol. The Kier molecular flexibility index (Phi) is 4.96. The fourth-order valence-electron chi connectivity index (χ4n) is 2.29. The van der Waals surface area contributed by atoms with E-state index in [9.17, 15) is 9.59 Å². The molecular weight excluding hydrogens is 322 g/mol. The van der Waals surface area contributed by atoms with E-state index >= 15 is 0 Å². The Hall–Kier alpha value is -2.60. The molecule has 0 aliphatic heterocycles. The molecule has 1 aromatic carbocycles. The van der Waals surface area contributed by atoms with Crippen LogP contribution in [0.25, 0.3) is 5.65 Å². The molecule has 5 nitrogen and oxygen atoms in total. The lowest BCUT2D eigenvalue weighted by Gasteiger charge is -2.12. The van der Waals surface area contributed by atoms with Crippen molar-refractivity contribution >= 4 is 23.3 Å². The molecule has 1 unspecified atom stereocenters. The highest BCUT2D eigenvalue weighted by molar-refractivity contribution is 8.00. The van der Waals surface area contributed by atoms with E-state index in [-0.39, 0.29) is 16.4 Å². The lowest BCUT2D eigenvalue weighted by Crippen LogP contribution is -2.34. The Bertz CT molecular complexity index is 909. The molecule has 0 saturated carbocycles. The number of carbonyl (C=O) groups excluding carboxylic acids is 1. The van der Waals surface area contributed by atoms with E-state index in [4.69, 9.17) is 0 Å². The van der Waals surface area contributed by atoms with Crippen molar-refractivity contribution in [3.05, 3.63) is 76.8 Å². The SMILES string of the molecule is CC(CNC(=O)c1cnc2ccccn2c1=O)Sc1ccccc1. The summed E-state index contributed by atoms with van der Waals surface area (Å²) in [5, 5.41) is 3.00. The van der Waals surface area contributed by atoms with Gasteiger partial charge in [-0.2, -0.15) is 0 Å². The van der Waals surface area contributed by atoms with Gasteiger partial charge in [0.2, 0.25) is 0 Å². The highest BCUT2D eigenvalue weighted by atomic mass is 32.2. The minimum absolute atomic E-state index is 0.0515. The lowest BCUT2D eigenvalue weighted by atomic mass is 10.3. The van der Waals surface area contributed by atoms with Gasteiger partial charge in [0.05, 0.1) is 0 Å². The largest absolute Gasteiger partial charge is 0.351 e. The quantitative estimate of drug-likeness (QED) is 0.726. The lowest BCUT2D eigenvalue weighted by molar-refractivity contribution is 0.0952. The van der Waals surface area contributed by atoms with Crippen LogP contribution in [0.3, 0.4) is 0 Å². The molecule has 0 spiro atoms. The Labute approximate surface area is 143 Å². The summed E-state index contributed by atoms with van der Waals surface area (Å²) in [6.07, 6.45) is 2.94. The van der Waals surface area contributed by atoms with Gasteiger partial charge in [0.1, 0.15) is 11.2 Å². The fourth-order valence-corrected chi connectivity index (χ4v) is 3.23. The van der Waals surface area contributed by atoms with Gasteiger partial charge in [-0.1, -0.05) is 31.2 Å². The second-order valence-corrected chi connectivity index (χ2v) is 6.87. The van der Waals surface area contributed by atoms with E-state index in [1.165, 1.54) is 10.6 Å². The first-order valence-corrected chi connectivity index (χ1v) is 8.49. The smallest absolute Gasteiger partial charge is 0.270 e. The number of thioether (sulfide) groups is 1. The molecule has 0 fully saturated rings. The van der Waals surface area contributed by atoms with Gasteiger partial charge in [-0.3, -0.25) is 14.0 Å². The summed E-state index contributed by atoms with van der Waals surface area (Å²) in [4.78, 5) is 30.0. The molecule has 24 heavy (non-hydrogen) atoms. The minimum Gasteiger partial charge on any atom is -0.351 e. The van der Waals surface area contributed by atoms with Crippen molar-refractivity contribution in [2.75, 3.05) is 6.54 Å². The average Bonchev–Trinajstić information content (AvgIpc) is 2.61. The zero-order valence-corrected chi connectivity index (χ0v) is 14.0. The molecule has 1 N–H and O–H groups in total. The van der Waals surface area contributed by atoms with Crippen LogP contribution in [0.5, 0.6) is 0 Å². The third kappa shape index (κ3) is 3.65. The molecule has 2 aromatic heterocycles. The topological polar surface area (TPSA) is 63.5 Å². The second-order valence-electron chi connectivity index (χ2n) is 5.36. The van der Waals surface area contributed by atoms with Crippen molar-refractivity contribution in [1.29, 1.82) is 0 Å². The molecule has 3 aromatic rings. The van der Waals surface area contributed by atoms with Crippen LogP contribution >= 0.6 is 11.8 Å². The number of aromatic nitrogens is 2. The molecule has 0 aliphatic carbocycles. The summed E-state index contributed by atoms with van der Waals surface area (Å²) in [5.41, 5.74) is 0.212. The van der Waals surface area contributed by atoms with Crippen molar-refractivity contribution in [3.63, 3.8) is 0 Å². The Morgan fingerprint density at radius 2 is 1.96 bits per heavy atom. The van der Waals surface area contributed by atoms with E-state index in [1.54, 1.807) is 36.2 Å². The monoisotopic (exact) mass is 339 g/mol. The van der Waals surface area contributed by atoms with Crippen molar-refractivity contribution in [1.82, 2.24) is 14.7 Å². The number of amides is 1. The van der Waals surface area contributed by atoms with Gasteiger partial charge in [-0.15, -0.1) is 11.8 Å². The standard InChI is InChI=1S/C18H17N3O2S/c1-13(24-14-7-3-2-4-8-14)11-20-17(22)15-12-19-16-9-5-6-10-21(16)18(15)23/h2-10,12-13H,11H2,1H3,(H,20,22). The number of pyridine rings is 1. The van der Waals surface area contributed by atoms with Crippen LogP contribution in [0.4, 0.5) is 0 Å². The summed E-state index contributed by atoms with van der Waals surface area (Å²) in [6, 6.07) is 15.2. The first-order valence-electron chi connectivity index (χ1n) is 7.61. The second kappa shape index (κ2) is 7.31. The zero-order valence-electron chi connectivity index (χ0n) is 13.2. The van der Waals surface area contributed by atoms with E-state index < -0.39 is 5.91 Å². The van der Waals surface area contributed by atoms with E-state index in [0.29, 0.717) is 12.2 Å².